The standard InChI is InChI=1S/C20H27NO2/c1-3-21(2)16-19(14-15-22)20(23,17-10-6-4-7-11-17)18-12-8-5-9-13-18/h4-13,19,22-23H,3,14-16H2,1-2H3. The number of aliphatic hydroxyl groups excluding tert-OH is 1. The van der Waals surface area contributed by atoms with Crippen molar-refractivity contribution < 1.29 is 10.2 Å². The third-order valence-corrected chi connectivity index (χ3v) is 4.57. The molecule has 0 fully saturated rings. The largest absolute Gasteiger partial charge is 0.396 e. The molecule has 0 aromatic heterocycles. The average molecular weight is 313 g/mol. The van der Waals surface area contributed by atoms with Crippen LogP contribution >= 0.6 is 0 Å². The smallest absolute Gasteiger partial charge is 0.119 e. The van der Waals surface area contributed by atoms with E-state index in [0.29, 0.717) is 6.42 Å². The van der Waals surface area contributed by atoms with Crippen LogP contribution in [0.25, 0.3) is 0 Å². The molecule has 2 N–H and O–H groups in total. The van der Waals surface area contributed by atoms with Crippen molar-refractivity contribution in [2.45, 2.75) is 18.9 Å². The van der Waals surface area contributed by atoms with Gasteiger partial charge in [0.1, 0.15) is 5.60 Å². The van der Waals surface area contributed by atoms with Crippen LogP contribution < -0.4 is 0 Å². The van der Waals surface area contributed by atoms with E-state index in [9.17, 15) is 10.2 Å². The number of hydrogen-bond acceptors (Lipinski definition) is 3. The maximum absolute atomic E-state index is 11.8. The zero-order chi connectivity index (χ0) is 16.7. The van der Waals surface area contributed by atoms with Crippen LogP contribution in [-0.2, 0) is 5.60 Å². The van der Waals surface area contributed by atoms with Gasteiger partial charge < -0.3 is 15.1 Å². The van der Waals surface area contributed by atoms with Crippen LogP contribution in [0.15, 0.2) is 60.7 Å². The fourth-order valence-electron chi connectivity index (χ4n) is 3.12. The van der Waals surface area contributed by atoms with Crippen molar-refractivity contribution in [2.24, 2.45) is 5.92 Å². The maximum Gasteiger partial charge on any atom is 0.119 e. The van der Waals surface area contributed by atoms with Crippen molar-refractivity contribution in [1.29, 1.82) is 0 Å². The minimum absolute atomic E-state index is 0.0597. The van der Waals surface area contributed by atoms with Crippen molar-refractivity contribution in [3.63, 3.8) is 0 Å². The highest BCUT2D eigenvalue weighted by Gasteiger charge is 2.40. The van der Waals surface area contributed by atoms with Gasteiger partial charge in [-0.25, -0.2) is 0 Å². The summed E-state index contributed by atoms with van der Waals surface area (Å²) in [5, 5.41) is 21.3. The summed E-state index contributed by atoms with van der Waals surface area (Å²) in [5.41, 5.74) is 0.623. The van der Waals surface area contributed by atoms with Crippen molar-refractivity contribution in [1.82, 2.24) is 4.90 Å². The van der Waals surface area contributed by atoms with Crippen LogP contribution in [0.2, 0.25) is 0 Å². The van der Waals surface area contributed by atoms with Crippen LogP contribution in [0.4, 0.5) is 0 Å². The molecular weight excluding hydrogens is 286 g/mol. The van der Waals surface area contributed by atoms with E-state index in [4.69, 9.17) is 0 Å². The Morgan fingerprint density at radius 3 is 1.83 bits per heavy atom. The Labute approximate surface area is 139 Å². The zero-order valence-electron chi connectivity index (χ0n) is 14.0. The van der Waals surface area contributed by atoms with Gasteiger partial charge in [-0.3, -0.25) is 0 Å². The molecule has 0 heterocycles. The second-order valence-corrected chi connectivity index (χ2v) is 6.06. The molecule has 1 atom stereocenters. The van der Waals surface area contributed by atoms with Gasteiger partial charge in [-0.15, -0.1) is 0 Å². The molecular formula is C20H27NO2. The average Bonchev–Trinajstić information content (AvgIpc) is 2.62. The summed E-state index contributed by atoms with van der Waals surface area (Å²) in [4.78, 5) is 2.18. The van der Waals surface area contributed by atoms with E-state index in [1.807, 2.05) is 67.7 Å². The molecule has 3 nitrogen and oxygen atoms in total. The molecule has 0 aliphatic carbocycles. The molecule has 0 aliphatic heterocycles. The number of benzene rings is 2. The summed E-state index contributed by atoms with van der Waals surface area (Å²) in [6.45, 7) is 3.78. The number of aliphatic hydroxyl groups is 2. The van der Waals surface area contributed by atoms with Crippen LogP contribution in [0.1, 0.15) is 24.5 Å². The van der Waals surface area contributed by atoms with E-state index in [0.717, 1.165) is 24.2 Å². The fraction of sp³-hybridized carbons (Fsp3) is 0.400. The Hall–Kier alpha value is -1.68. The first-order valence-electron chi connectivity index (χ1n) is 8.25. The van der Waals surface area contributed by atoms with E-state index in [-0.39, 0.29) is 12.5 Å². The predicted molar refractivity (Wildman–Crippen MR) is 94.2 cm³/mol. The van der Waals surface area contributed by atoms with E-state index < -0.39 is 5.60 Å². The molecule has 0 saturated carbocycles. The van der Waals surface area contributed by atoms with Gasteiger partial charge in [0, 0.05) is 19.1 Å². The molecule has 0 radical (unpaired) electrons. The molecule has 0 amide bonds. The Morgan fingerprint density at radius 2 is 1.43 bits per heavy atom. The summed E-state index contributed by atoms with van der Waals surface area (Å²) >= 11 is 0. The number of rotatable bonds is 8. The summed E-state index contributed by atoms with van der Waals surface area (Å²) in [6, 6.07) is 19.5. The minimum Gasteiger partial charge on any atom is -0.396 e. The number of hydrogen-bond donors (Lipinski definition) is 2. The molecule has 2 aromatic carbocycles. The fourth-order valence-corrected chi connectivity index (χ4v) is 3.12. The van der Waals surface area contributed by atoms with Gasteiger partial charge in [-0.2, -0.15) is 0 Å². The van der Waals surface area contributed by atoms with Crippen LogP contribution in [0, 0.1) is 5.92 Å². The van der Waals surface area contributed by atoms with Crippen molar-refractivity contribution in [3.8, 4) is 0 Å². The van der Waals surface area contributed by atoms with Crippen LogP contribution in [0.3, 0.4) is 0 Å². The second kappa shape index (κ2) is 8.25. The van der Waals surface area contributed by atoms with E-state index in [1.165, 1.54) is 0 Å². The van der Waals surface area contributed by atoms with Gasteiger partial charge in [0.2, 0.25) is 0 Å². The summed E-state index contributed by atoms with van der Waals surface area (Å²) in [5.74, 6) is -0.0951. The molecule has 1 unspecified atom stereocenters. The SMILES string of the molecule is CCN(C)CC(CCO)C(O)(c1ccccc1)c1ccccc1. The quantitative estimate of drug-likeness (QED) is 0.787. The molecule has 0 spiro atoms. The topological polar surface area (TPSA) is 43.7 Å². The van der Waals surface area contributed by atoms with E-state index in [2.05, 4.69) is 11.8 Å². The lowest BCUT2D eigenvalue weighted by atomic mass is 9.74. The minimum atomic E-state index is -1.12. The Morgan fingerprint density at radius 1 is 0.957 bits per heavy atom. The first-order chi connectivity index (χ1) is 11.1. The van der Waals surface area contributed by atoms with Crippen molar-refractivity contribution in [2.75, 3.05) is 26.7 Å². The Bertz CT molecular complexity index is 531. The Kier molecular flexibility index (Phi) is 6.34. The molecule has 2 aromatic rings. The number of nitrogens with zero attached hydrogens (tertiary/aromatic N) is 1. The molecule has 0 aliphatic rings. The normalized spacial score (nSPS) is 13.3. The van der Waals surface area contributed by atoms with Gasteiger partial charge >= 0.3 is 0 Å². The third kappa shape index (κ3) is 3.99. The van der Waals surface area contributed by atoms with Gasteiger partial charge in [-0.05, 0) is 31.1 Å². The summed E-state index contributed by atoms with van der Waals surface area (Å²) < 4.78 is 0. The van der Waals surface area contributed by atoms with Gasteiger partial charge in [-0.1, -0.05) is 67.6 Å². The van der Waals surface area contributed by atoms with Crippen molar-refractivity contribution >= 4 is 0 Å². The van der Waals surface area contributed by atoms with Gasteiger partial charge in [0.25, 0.3) is 0 Å². The highest BCUT2D eigenvalue weighted by Crippen LogP contribution is 2.38. The van der Waals surface area contributed by atoms with Crippen LogP contribution in [0.5, 0.6) is 0 Å². The lowest BCUT2D eigenvalue weighted by molar-refractivity contribution is -0.00761. The summed E-state index contributed by atoms with van der Waals surface area (Å²) in [6.07, 6.45) is 0.546. The molecule has 0 saturated heterocycles. The molecule has 23 heavy (non-hydrogen) atoms. The molecule has 3 heteroatoms. The second-order valence-electron chi connectivity index (χ2n) is 6.06. The summed E-state index contributed by atoms with van der Waals surface area (Å²) in [7, 11) is 2.04. The van der Waals surface area contributed by atoms with Gasteiger partial charge in [0.05, 0.1) is 0 Å². The van der Waals surface area contributed by atoms with E-state index in [1.54, 1.807) is 0 Å². The van der Waals surface area contributed by atoms with Gasteiger partial charge in [0.15, 0.2) is 0 Å². The molecule has 2 rings (SSSR count). The lowest BCUT2D eigenvalue weighted by Crippen LogP contribution is -2.43. The lowest BCUT2D eigenvalue weighted by Gasteiger charge is -2.39. The highest BCUT2D eigenvalue weighted by molar-refractivity contribution is 5.37. The predicted octanol–water partition coefficient (Wildman–Crippen LogP) is 2.87. The third-order valence-electron chi connectivity index (χ3n) is 4.57. The monoisotopic (exact) mass is 313 g/mol. The maximum atomic E-state index is 11.8. The molecule has 0 bridgehead atoms. The highest BCUT2D eigenvalue weighted by atomic mass is 16.3. The molecule has 124 valence electrons. The first-order valence-corrected chi connectivity index (χ1v) is 8.25. The Balaban J connectivity index is 2.51. The van der Waals surface area contributed by atoms with Crippen LogP contribution in [-0.4, -0.2) is 41.9 Å². The zero-order valence-corrected chi connectivity index (χ0v) is 14.0. The van der Waals surface area contributed by atoms with Crippen molar-refractivity contribution in [3.05, 3.63) is 71.8 Å². The first kappa shape index (κ1) is 17.7. The van der Waals surface area contributed by atoms with E-state index >= 15 is 0 Å².